The average Bonchev–Trinajstić information content (AvgIpc) is 2.36. The first-order chi connectivity index (χ1) is 9.72. The molecule has 1 aromatic rings. The second-order valence-corrected chi connectivity index (χ2v) is 7.14. The molecule has 0 spiro atoms. The molecule has 116 valence electrons. The van der Waals surface area contributed by atoms with Crippen molar-refractivity contribution >= 4 is 63.7 Å². The Morgan fingerprint density at radius 2 is 2.00 bits per heavy atom. The number of rotatable bonds is 4. The number of benzene rings is 1. The van der Waals surface area contributed by atoms with Gasteiger partial charge < -0.3 is 16.0 Å². The molecule has 3 N–H and O–H groups in total. The molecule has 0 aliphatic heterocycles. The number of hydrogen-bond donors (Lipinski definition) is 3. The molecule has 1 amide bonds. The summed E-state index contributed by atoms with van der Waals surface area (Å²) >= 11 is 22.7. The highest BCUT2D eigenvalue weighted by Gasteiger charge is 2.34. The lowest BCUT2D eigenvalue weighted by Crippen LogP contribution is -2.56. The molecule has 0 saturated heterocycles. The number of carbonyl (C=O) groups is 1. The number of anilines is 1. The van der Waals surface area contributed by atoms with Crippen LogP contribution in [-0.4, -0.2) is 21.0 Å². The fourth-order valence-corrected chi connectivity index (χ4v) is 2.05. The minimum Gasteiger partial charge on any atom is -0.339 e. The van der Waals surface area contributed by atoms with Gasteiger partial charge in [0, 0.05) is 12.1 Å². The van der Waals surface area contributed by atoms with E-state index in [0.29, 0.717) is 0 Å². The minimum atomic E-state index is -1.73. The van der Waals surface area contributed by atoms with Gasteiger partial charge >= 0.3 is 0 Å². The van der Waals surface area contributed by atoms with Crippen molar-refractivity contribution in [2.45, 2.75) is 30.2 Å². The molecule has 0 bridgehead atoms. The van der Waals surface area contributed by atoms with Crippen molar-refractivity contribution in [1.29, 1.82) is 0 Å². The predicted molar refractivity (Wildman–Crippen MR) is 93.0 cm³/mol. The van der Waals surface area contributed by atoms with Gasteiger partial charge in [0.1, 0.15) is 6.17 Å². The summed E-state index contributed by atoms with van der Waals surface area (Å²) in [5.41, 5.74) is 1.89. The van der Waals surface area contributed by atoms with Crippen LogP contribution in [0.3, 0.4) is 0 Å². The predicted octanol–water partition coefficient (Wildman–Crippen LogP) is 3.50. The Bertz CT molecular complexity index is 520. The summed E-state index contributed by atoms with van der Waals surface area (Å²) in [7, 11) is 0. The molecule has 0 heterocycles. The van der Waals surface area contributed by atoms with Crippen molar-refractivity contribution in [3.63, 3.8) is 0 Å². The van der Waals surface area contributed by atoms with E-state index >= 15 is 0 Å². The third kappa shape index (κ3) is 6.70. The van der Waals surface area contributed by atoms with E-state index in [2.05, 4.69) is 16.0 Å². The molecule has 1 rings (SSSR count). The number of nitrogens with one attached hydrogen (secondary N) is 3. The summed E-state index contributed by atoms with van der Waals surface area (Å²) in [6.07, 6.45) is -0.656. The van der Waals surface area contributed by atoms with Crippen LogP contribution in [0.1, 0.15) is 18.9 Å². The van der Waals surface area contributed by atoms with Crippen molar-refractivity contribution in [2.75, 3.05) is 5.32 Å². The van der Waals surface area contributed by atoms with E-state index < -0.39 is 9.96 Å². The van der Waals surface area contributed by atoms with Gasteiger partial charge in [0.25, 0.3) is 0 Å². The maximum atomic E-state index is 11.5. The first-order valence-electron chi connectivity index (χ1n) is 6.22. The topological polar surface area (TPSA) is 53.2 Å². The van der Waals surface area contributed by atoms with E-state index in [1.165, 1.54) is 0 Å². The summed E-state index contributed by atoms with van der Waals surface area (Å²) in [5.74, 6) is -0.253. The van der Waals surface area contributed by atoms with E-state index in [-0.39, 0.29) is 17.4 Å². The highest BCUT2D eigenvalue weighted by molar-refractivity contribution is 7.80. The van der Waals surface area contributed by atoms with Crippen LogP contribution in [0.25, 0.3) is 0 Å². The van der Waals surface area contributed by atoms with Gasteiger partial charge in [-0.05, 0) is 36.8 Å². The molecule has 1 unspecified atom stereocenters. The van der Waals surface area contributed by atoms with Crippen LogP contribution in [-0.2, 0) is 4.79 Å². The Labute approximate surface area is 144 Å². The molecule has 0 aliphatic rings. The van der Waals surface area contributed by atoms with Crippen LogP contribution < -0.4 is 16.0 Å². The molecular formula is C13H16Cl3N3OS. The summed E-state index contributed by atoms with van der Waals surface area (Å²) in [6, 6.07) is 7.64. The number of aryl methyl sites for hydroxylation is 1. The number of alkyl halides is 3. The lowest BCUT2D eigenvalue weighted by Gasteiger charge is -2.27. The monoisotopic (exact) mass is 367 g/mol. The van der Waals surface area contributed by atoms with Crippen LogP contribution >= 0.6 is 47.0 Å². The first kappa shape index (κ1) is 18.3. The van der Waals surface area contributed by atoms with Crippen LogP contribution in [0.15, 0.2) is 24.3 Å². The average molecular weight is 369 g/mol. The first-order valence-corrected chi connectivity index (χ1v) is 7.77. The maximum Gasteiger partial charge on any atom is 0.228 e. The van der Waals surface area contributed by atoms with Gasteiger partial charge in [-0.15, -0.1) is 0 Å². The standard InChI is InChI=1S/C13H16Cl3N3OS/c1-3-10(20)18-11(13(14,15)16)19-12(21)17-9-6-4-5-8(2)7-9/h4-7,11H,3H2,1-2H3,(H,18,20)(H2,17,19,21). The second-order valence-electron chi connectivity index (χ2n) is 4.36. The van der Waals surface area contributed by atoms with E-state index in [9.17, 15) is 4.79 Å². The Hall–Kier alpha value is -0.750. The van der Waals surface area contributed by atoms with Crippen LogP contribution in [0.5, 0.6) is 0 Å². The van der Waals surface area contributed by atoms with Gasteiger partial charge in [0.05, 0.1) is 0 Å². The van der Waals surface area contributed by atoms with E-state index in [0.717, 1.165) is 11.3 Å². The fourth-order valence-electron chi connectivity index (χ4n) is 1.48. The lowest BCUT2D eigenvalue weighted by atomic mass is 10.2. The SMILES string of the molecule is CCC(=O)NC(NC(=S)Nc1cccc(C)c1)C(Cl)(Cl)Cl. The Kier molecular flexibility index (Phi) is 7.00. The summed E-state index contributed by atoms with van der Waals surface area (Å²) in [4.78, 5) is 11.5. The number of hydrogen-bond acceptors (Lipinski definition) is 2. The van der Waals surface area contributed by atoms with Gasteiger partial charge in [0.2, 0.25) is 9.70 Å². The van der Waals surface area contributed by atoms with Crippen LogP contribution in [0.2, 0.25) is 0 Å². The molecule has 21 heavy (non-hydrogen) atoms. The van der Waals surface area contributed by atoms with Gasteiger partial charge in [-0.25, -0.2) is 0 Å². The molecule has 4 nitrogen and oxygen atoms in total. The van der Waals surface area contributed by atoms with Crippen LogP contribution in [0, 0.1) is 6.92 Å². The quantitative estimate of drug-likeness (QED) is 0.432. The molecule has 0 fully saturated rings. The molecule has 0 radical (unpaired) electrons. The third-order valence-corrected chi connectivity index (χ3v) is 3.38. The smallest absolute Gasteiger partial charge is 0.228 e. The van der Waals surface area contributed by atoms with Gasteiger partial charge in [-0.3, -0.25) is 4.79 Å². The van der Waals surface area contributed by atoms with Crippen molar-refractivity contribution < 1.29 is 4.79 Å². The summed E-state index contributed by atoms with van der Waals surface area (Å²) < 4.78 is -1.73. The zero-order chi connectivity index (χ0) is 16.0. The van der Waals surface area contributed by atoms with E-state index in [1.807, 2.05) is 31.2 Å². The van der Waals surface area contributed by atoms with Crippen molar-refractivity contribution in [2.24, 2.45) is 0 Å². The molecule has 1 atom stereocenters. The normalized spacial score (nSPS) is 12.4. The van der Waals surface area contributed by atoms with E-state index in [1.54, 1.807) is 6.92 Å². The molecule has 1 aromatic carbocycles. The second kappa shape index (κ2) is 8.03. The minimum absolute atomic E-state index is 0.244. The molecule has 0 aromatic heterocycles. The number of carbonyl (C=O) groups excluding carboxylic acids is 1. The lowest BCUT2D eigenvalue weighted by molar-refractivity contribution is -0.121. The van der Waals surface area contributed by atoms with Gasteiger partial charge in [0.15, 0.2) is 5.11 Å². The molecular weight excluding hydrogens is 353 g/mol. The molecule has 0 aliphatic carbocycles. The van der Waals surface area contributed by atoms with Gasteiger partial charge in [-0.2, -0.15) is 0 Å². The van der Waals surface area contributed by atoms with Crippen molar-refractivity contribution in [3.05, 3.63) is 29.8 Å². The summed E-state index contributed by atoms with van der Waals surface area (Å²) in [6.45, 7) is 3.67. The summed E-state index contributed by atoms with van der Waals surface area (Å²) in [5, 5.41) is 8.56. The third-order valence-electron chi connectivity index (χ3n) is 2.51. The number of halogens is 3. The Morgan fingerprint density at radius 1 is 1.33 bits per heavy atom. The van der Waals surface area contributed by atoms with Crippen molar-refractivity contribution in [1.82, 2.24) is 10.6 Å². The Balaban J connectivity index is 2.70. The maximum absolute atomic E-state index is 11.5. The fraction of sp³-hybridized carbons (Fsp3) is 0.385. The Morgan fingerprint density at radius 3 is 2.52 bits per heavy atom. The number of thiocarbonyl (C=S) groups is 1. The highest BCUT2D eigenvalue weighted by atomic mass is 35.6. The molecule has 0 saturated carbocycles. The zero-order valence-electron chi connectivity index (χ0n) is 11.5. The largest absolute Gasteiger partial charge is 0.339 e. The number of amides is 1. The van der Waals surface area contributed by atoms with Gasteiger partial charge in [-0.1, -0.05) is 53.9 Å². The van der Waals surface area contributed by atoms with Crippen LogP contribution in [0.4, 0.5) is 5.69 Å². The van der Waals surface area contributed by atoms with E-state index in [4.69, 9.17) is 47.0 Å². The molecule has 8 heteroatoms. The van der Waals surface area contributed by atoms with Crippen molar-refractivity contribution in [3.8, 4) is 0 Å². The highest BCUT2D eigenvalue weighted by Crippen LogP contribution is 2.29. The zero-order valence-corrected chi connectivity index (χ0v) is 14.6.